The van der Waals surface area contributed by atoms with E-state index < -0.39 is 5.97 Å². The Balaban J connectivity index is 2.73. The molecule has 0 bridgehead atoms. The highest BCUT2D eigenvalue weighted by Crippen LogP contribution is 2.03. The molecule has 2 nitrogen and oxygen atoms in total. The quantitative estimate of drug-likeness (QED) is 0.605. The Hall–Kier alpha value is -1.53. The average Bonchev–Trinajstić information content (AvgIpc) is 2.14. The van der Waals surface area contributed by atoms with Crippen LogP contribution in [0.3, 0.4) is 0 Å². The Morgan fingerprint density at radius 1 is 1.45 bits per heavy atom. The summed E-state index contributed by atoms with van der Waals surface area (Å²) in [6, 6.07) is 0. The first-order valence-corrected chi connectivity index (χ1v) is 3.30. The molecule has 0 aromatic carbocycles. The van der Waals surface area contributed by atoms with Gasteiger partial charge in [-0.2, -0.15) is 0 Å². The van der Waals surface area contributed by atoms with Crippen LogP contribution in [0.25, 0.3) is 0 Å². The zero-order valence-electron chi connectivity index (χ0n) is 5.95. The molecule has 0 saturated carbocycles. The summed E-state index contributed by atoms with van der Waals surface area (Å²) in [5, 5.41) is 8.43. The minimum Gasteiger partial charge on any atom is -0.481 e. The smallest absolute Gasteiger partial charge is 0.308 e. The van der Waals surface area contributed by atoms with Crippen LogP contribution in [-0.4, -0.2) is 11.1 Å². The van der Waals surface area contributed by atoms with Crippen LogP contribution < -0.4 is 0 Å². The van der Waals surface area contributed by atoms with Crippen LogP contribution >= 0.6 is 0 Å². The van der Waals surface area contributed by atoms with E-state index in [9.17, 15) is 4.79 Å². The molecular weight excluding hydrogens is 140 g/mol. The van der Waals surface area contributed by atoms with E-state index in [0.29, 0.717) is 5.57 Å². The Labute approximate surface area is 64.9 Å². The van der Waals surface area contributed by atoms with Crippen LogP contribution in [0.2, 0.25) is 0 Å². The largest absolute Gasteiger partial charge is 0.481 e. The average molecular weight is 148 g/mol. The number of carboxylic acid groups (broad SMARTS) is 1. The summed E-state index contributed by atoms with van der Waals surface area (Å²) in [7, 11) is 0. The molecule has 0 amide bonds. The fourth-order valence-electron chi connectivity index (χ4n) is 0.768. The van der Waals surface area contributed by atoms with Crippen LogP contribution in [0.15, 0.2) is 41.7 Å². The normalized spacial score (nSPS) is 14.4. The number of hydrogen-bond donors (Lipinski definition) is 1. The van der Waals surface area contributed by atoms with Crippen LogP contribution in [0.1, 0.15) is 6.42 Å². The van der Waals surface area contributed by atoms with E-state index in [0.717, 1.165) is 0 Å². The number of carbonyl (C=O) groups is 1. The second-order valence-electron chi connectivity index (χ2n) is 2.15. The third-order valence-corrected chi connectivity index (χ3v) is 1.23. The molecule has 1 aliphatic carbocycles. The van der Waals surface area contributed by atoms with Gasteiger partial charge in [0.1, 0.15) is 0 Å². The molecule has 0 aromatic heterocycles. The summed E-state index contributed by atoms with van der Waals surface area (Å²) < 4.78 is 0. The van der Waals surface area contributed by atoms with Crippen LogP contribution in [0, 0.1) is 0 Å². The van der Waals surface area contributed by atoms with Gasteiger partial charge >= 0.3 is 5.97 Å². The minimum atomic E-state index is -0.826. The molecule has 0 aliphatic heterocycles. The Morgan fingerprint density at radius 3 is 3.00 bits per heavy atom. The van der Waals surface area contributed by atoms with E-state index in [4.69, 9.17) is 5.11 Å². The van der Waals surface area contributed by atoms with Crippen molar-refractivity contribution in [2.75, 3.05) is 0 Å². The van der Waals surface area contributed by atoms with E-state index in [1.165, 1.54) is 0 Å². The van der Waals surface area contributed by atoms with Gasteiger partial charge in [-0.25, -0.2) is 0 Å². The lowest BCUT2D eigenvalue weighted by molar-refractivity contribution is -0.136. The molecule has 0 aromatic rings. The van der Waals surface area contributed by atoms with Gasteiger partial charge in [-0.15, -0.1) is 5.73 Å². The number of hydrogen-bond acceptors (Lipinski definition) is 1. The van der Waals surface area contributed by atoms with E-state index in [2.05, 4.69) is 5.73 Å². The second-order valence-corrected chi connectivity index (χ2v) is 2.15. The number of aliphatic carboxylic acids is 1. The first kappa shape index (κ1) is 7.58. The highest BCUT2D eigenvalue weighted by atomic mass is 16.4. The first-order valence-electron chi connectivity index (χ1n) is 3.30. The second kappa shape index (κ2) is 3.59. The Bertz CT molecular complexity index is 276. The predicted molar refractivity (Wildman–Crippen MR) is 42.1 cm³/mol. The molecule has 0 saturated heterocycles. The van der Waals surface area contributed by atoms with Crippen molar-refractivity contribution in [2.24, 2.45) is 0 Å². The van der Waals surface area contributed by atoms with Gasteiger partial charge < -0.3 is 5.11 Å². The third kappa shape index (κ3) is 2.70. The summed E-state index contributed by atoms with van der Waals surface area (Å²) in [5.74, 6) is -0.826. The molecule has 0 atom stereocenters. The maximum absolute atomic E-state index is 10.3. The lowest BCUT2D eigenvalue weighted by Gasteiger charge is -1.89. The van der Waals surface area contributed by atoms with Crippen LogP contribution in [-0.2, 0) is 4.79 Å². The molecule has 2 heteroatoms. The SMILES string of the molecule is O=C(O)CC1=C=CC=CC=C1. The van der Waals surface area contributed by atoms with Crippen molar-refractivity contribution in [1.82, 2.24) is 0 Å². The van der Waals surface area contributed by atoms with Crippen LogP contribution in [0.5, 0.6) is 0 Å². The molecule has 1 rings (SSSR count). The predicted octanol–water partition coefficient (Wildman–Crippen LogP) is 1.67. The van der Waals surface area contributed by atoms with Gasteiger partial charge in [0.05, 0.1) is 6.42 Å². The van der Waals surface area contributed by atoms with E-state index >= 15 is 0 Å². The molecule has 56 valence electrons. The molecule has 11 heavy (non-hydrogen) atoms. The maximum Gasteiger partial charge on any atom is 0.308 e. The summed E-state index contributed by atoms with van der Waals surface area (Å²) in [5.41, 5.74) is 3.55. The zero-order valence-corrected chi connectivity index (χ0v) is 5.95. The standard InChI is InChI=1S/C9H8O2/c10-9(11)7-8-5-3-1-2-4-6-8/h1-5H,7H2,(H,10,11). The van der Waals surface area contributed by atoms with Gasteiger partial charge in [-0.1, -0.05) is 24.3 Å². The number of allylic oxidation sites excluding steroid dienone is 4. The molecule has 1 N–H and O–H groups in total. The Kier molecular flexibility index (Phi) is 2.47. The van der Waals surface area contributed by atoms with Gasteiger partial charge in [-0.05, 0) is 6.08 Å². The fraction of sp³-hybridized carbons (Fsp3) is 0.111. The van der Waals surface area contributed by atoms with Crippen molar-refractivity contribution in [3.63, 3.8) is 0 Å². The molecule has 0 heterocycles. The van der Waals surface area contributed by atoms with Gasteiger partial charge in [0.25, 0.3) is 0 Å². The highest BCUT2D eigenvalue weighted by molar-refractivity contribution is 5.71. The highest BCUT2D eigenvalue weighted by Gasteiger charge is 1.98. The van der Waals surface area contributed by atoms with Crippen molar-refractivity contribution < 1.29 is 9.90 Å². The molecule has 0 radical (unpaired) electrons. The van der Waals surface area contributed by atoms with Crippen LogP contribution in [0.4, 0.5) is 0 Å². The van der Waals surface area contributed by atoms with Gasteiger partial charge in [0.2, 0.25) is 0 Å². The van der Waals surface area contributed by atoms with Gasteiger partial charge in [-0.3, -0.25) is 4.79 Å². The third-order valence-electron chi connectivity index (χ3n) is 1.23. The fourth-order valence-corrected chi connectivity index (χ4v) is 0.768. The summed E-state index contributed by atoms with van der Waals surface area (Å²) in [6.07, 6.45) is 8.93. The Morgan fingerprint density at radius 2 is 2.27 bits per heavy atom. The first-order chi connectivity index (χ1) is 5.29. The topological polar surface area (TPSA) is 37.3 Å². The molecule has 0 spiro atoms. The van der Waals surface area contributed by atoms with Crippen molar-refractivity contribution in [3.05, 3.63) is 41.7 Å². The summed E-state index contributed by atoms with van der Waals surface area (Å²) >= 11 is 0. The summed E-state index contributed by atoms with van der Waals surface area (Å²) in [6.45, 7) is 0. The summed E-state index contributed by atoms with van der Waals surface area (Å²) in [4.78, 5) is 10.3. The lowest BCUT2D eigenvalue weighted by atomic mass is 10.2. The molecule has 0 unspecified atom stereocenters. The molecule has 1 aliphatic rings. The molecule has 0 fully saturated rings. The van der Waals surface area contributed by atoms with Crippen molar-refractivity contribution >= 4 is 5.97 Å². The van der Waals surface area contributed by atoms with E-state index in [-0.39, 0.29) is 6.42 Å². The maximum atomic E-state index is 10.3. The van der Waals surface area contributed by atoms with Crippen molar-refractivity contribution in [3.8, 4) is 0 Å². The number of rotatable bonds is 2. The van der Waals surface area contributed by atoms with E-state index in [1.807, 2.05) is 12.2 Å². The van der Waals surface area contributed by atoms with Gasteiger partial charge in [0, 0.05) is 5.57 Å². The van der Waals surface area contributed by atoms with Crippen molar-refractivity contribution in [1.29, 1.82) is 0 Å². The van der Waals surface area contributed by atoms with E-state index in [1.54, 1.807) is 18.2 Å². The van der Waals surface area contributed by atoms with Crippen molar-refractivity contribution in [2.45, 2.75) is 6.42 Å². The van der Waals surface area contributed by atoms with Gasteiger partial charge in [0.15, 0.2) is 0 Å². The minimum absolute atomic E-state index is 0.0364. The molecular formula is C9H8O2. The number of carboxylic acids is 1. The monoisotopic (exact) mass is 148 g/mol. The zero-order chi connectivity index (χ0) is 8.10. The lowest BCUT2D eigenvalue weighted by Crippen LogP contribution is -1.94.